The van der Waals surface area contributed by atoms with Crippen molar-refractivity contribution >= 4 is 50.8 Å². The first-order chi connectivity index (χ1) is 14.7. The van der Waals surface area contributed by atoms with Gasteiger partial charge in [0.15, 0.2) is 0 Å². The summed E-state index contributed by atoms with van der Waals surface area (Å²) in [4.78, 5) is 31.5. The van der Waals surface area contributed by atoms with Crippen molar-refractivity contribution in [2.24, 2.45) is 0 Å². The van der Waals surface area contributed by atoms with Crippen LogP contribution in [0.4, 0.5) is 5.00 Å². The molecule has 0 unspecified atom stereocenters. The number of carbonyl (C=O) groups excluding carboxylic acids is 2. The molecular weight excluding hydrogens is 438 g/mol. The second-order valence-electron chi connectivity index (χ2n) is 7.02. The van der Waals surface area contributed by atoms with Gasteiger partial charge >= 0.3 is 0 Å². The van der Waals surface area contributed by atoms with Gasteiger partial charge in [-0.2, -0.15) is 11.3 Å². The van der Waals surface area contributed by atoms with Crippen LogP contribution in [-0.4, -0.2) is 37.1 Å². The quantitative estimate of drug-likeness (QED) is 0.471. The highest BCUT2D eigenvalue weighted by Crippen LogP contribution is 2.38. The summed E-state index contributed by atoms with van der Waals surface area (Å²) in [6.45, 7) is 1.14. The molecule has 0 fully saturated rings. The van der Waals surface area contributed by atoms with Crippen LogP contribution in [0.3, 0.4) is 0 Å². The van der Waals surface area contributed by atoms with Gasteiger partial charge in [-0.3, -0.25) is 9.59 Å². The van der Waals surface area contributed by atoms with Crippen molar-refractivity contribution in [3.05, 3.63) is 43.9 Å². The molecule has 3 aromatic heterocycles. The van der Waals surface area contributed by atoms with Gasteiger partial charge in [0.2, 0.25) is 0 Å². The molecule has 0 aromatic carbocycles. The number of nitrogens with one attached hydrogen (secondary N) is 2. The summed E-state index contributed by atoms with van der Waals surface area (Å²) >= 11 is 4.57. The third-order valence-corrected chi connectivity index (χ3v) is 7.72. The van der Waals surface area contributed by atoms with Crippen molar-refractivity contribution < 1.29 is 14.3 Å². The molecule has 0 saturated carbocycles. The molecule has 3 aromatic rings. The van der Waals surface area contributed by atoms with Crippen LogP contribution in [0.15, 0.2) is 22.2 Å². The fourth-order valence-corrected chi connectivity index (χ4v) is 6.26. The first kappa shape index (κ1) is 21.2. The van der Waals surface area contributed by atoms with E-state index in [-0.39, 0.29) is 11.8 Å². The highest BCUT2D eigenvalue weighted by molar-refractivity contribution is 7.17. The van der Waals surface area contributed by atoms with Gasteiger partial charge in [-0.25, -0.2) is 4.98 Å². The van der Waals surface area contributed by atoms with E-state index in [0.717, 1.165) is 48.2 Å². The molecule has 0 radical (unpaired) electrons. The number of rotatable bonds is 8. The molecule has 2 N–H and O–H groups in total. The molecule has 2 amide bonds. The van der Waals surface area contributed by atoms with Gasteiger partial charge in [0.05, 0.1) is 5.56 Å². The molecule has 0 aliphatic heterocycles. The monoisotopic (exact) mass is 461 g/mol. The number of carbonyl (C=O) groups is 2. The van der Waals surface area contributed by atoms with E-state index in [1.165, 1.54) is 27.6 Å². The van der Waals surface area contributed by atoms with Crippen LogP contribution < -0.4 is 10.6 Å². The number of nitrogens with zero attached hydrogens (tertiary/aromatic N) is 1. The molecule has 30 heavy (non-hydrogen) atoms. The van der Waals surface area contributed by atoms with Crippen LogP contribution in [0.5, 0.6) is 0 Å². The lowest BCUT2D eigenvalue weighted by Gasteiger charge is -2.13. The van der Waals surface area contributed by atoms with Crippen molar-refractivity contribution in [1.29, 1.82) is 0 Å². The number of anilines is 1. The van der Waals surface area contributed by atoms with E-state index in [9.17, 15) is 9.59 Å². The van der Waals surface area contributed by atoms with Crippen LogP contribution in [0.25, 0.3) is 10.6 Å². The standard InChI is InChI=1S/C21H23N3O3S3/c1-27-9-4-8-22-19(26)17-14-5-2-3-6-16(14)30-21(17)24-18(25)15-12-29-20(23-15)13-7-10-28-11-13/h7,10-12H,2-6,8-9H2,1H3,(H,22,26)(H,24,25). The van der Waals surface area contributed by atoms with E-state index < -0.39 is 0 Å². The van der Waals surface area contributed by atoms with Gasteiger partial charge in [-0.15, -0.1) is 22.7 Å². The first-order valence-electron chi connectivity index (χ1n) is 9.88. The number of ether oxygens (including phenoxy) is 1. The molecule has 0 bridgehead atoms. The third kappa shape index (κ3) is 4.64. The average molecular weight is 462 g/mol. The molecule has 6 nitrogen and oxygen atoms in total. The van der Waals surface area contributed by atoms with E-state index >= 15 is 0 Å². The van der Waals surface area contributed by atoms with E-state index in [1.54, 1.807) is 23.8 Å². The second-order valence-corrected chi connectivity index (χ2v) is 9.76. The van der Waals surface area contributed by atoms with E-state index in [2.05, 4.69) is 15.6 Å². The molecule has 1 aliphatic rings. The highest BCUT2D eigenvalue weighted by atomic mass is 32.1. The van der Waals surface area contributed by atoms with Crippen LogP contribution >= 0.6 is 34.0 Å². The summed E-state index contributed by atoms with van der Waals surface area (Å²) in [5.41, 5.74) is 3.10. The lowest BCUT2D eigenvalue weighted by Crippen LogP contribution is -2.27. The maximum absolute atomic E-state index is 12.9. The summed E-state index contributed by atoms with van der Waals surface area (Å²) in [7, 11) is 1.65. The Labute approximate surface area is 187 Å². The summed E-state index contributed by atoms with van der Waals surface area (Å²) in [6, 6.07) is 1.99. The minimum atomic E-state index is -0.278. The molecule has 0 saturated heterocycles. The molecular formula is C21H23N3O3S3. The van der Waals surface area contributed by atoms with E-state index in [4.69, 9.17) is 4.74 Å². The number of fused-ring (bicyclic) bond motifs is 1. The maximum Gasteiger partial charge on any atom is 0.275 e. The molecule has 9 heteroatoms. The minimum absolute atomic E-state index is 0.127. The summed E-state index contributed by atoms with van der Waals surface area (Å²) in [6.07, 6.45) is 4.77. The predicted octanol–water partition coefficient (Wildman–Crippen LogP) is 4.83. The first-order valence-corrected chi connectivity index (χ1v) is 12.5. The SMILES string of the molecule is COCCCNC(=O)c1c(NC(=O)c2csc(-c3ccsc3)n2)sc2c1CCCC2. The van der Waals surface area contributed by atoms with Crippen LogP contribution in [0.1, 0.15) is 50.5 Å². The van der Waals surface area contributed by atoms with Crippen molar-refractivity contribution in [3.8, 4) is 10.6 Å². The van der Waals surface area contributed by atoms with Crippen molar-refractivity contribution in [1.82, 2.24) is 10.3 Å². The number of thiazole rings is 1. The zero-order chi connectivity index (χ0) is 20.9. The number of amides is 2. The van der Waals surface area contributed by atoms with Crippen molar-refractivity contribution in [2.75, 3.05) is 25.6 Å². The second kappa shape index (κ2) is 9.82. The van der Waals surface area contributed by atoms with E-state index in [0.29, 0.717) is 29.4 Å². The Morgan fingerprint density at radius 3 is 2.87 bits per heavy atom. The minimum Gasteiger partial charge on any atom is -0.385 e. The zero-order valence-electron chi connectivity index (χ0n) is 16.7. The van der Waals surface area contributed by atoms with Gasteiger partial charge in [0.1, 0.15) is 15.7 Å². The number of hydrogen-bond donors (Lipinski definition) is 2. The summed E-state index contributed by atoms with van der Waals surface area (Å²) < 4.78 is 5.05. The Hall–Kier alpha value is -2.07. The average Bonchev–Trinajstić information content (AvgIpc) is 3.49. The Morgan fingerprint density at radius 1 is 1.20 bits per heavy atom. The van der Waals surface area contributed by atoms with Gasteiger partial charge in [-0.1, -0.05) is 0 Å². The van der Waals surface area contributed by atoms with Gasteiger partial charge in [-0.05, 0) is 49.1 Å². The molecule has 158 valence electrons. The van der Waals surface area contributed by atoms with Gasteiger partial charge in [0, 0.05) is 41.5 Å². The number of thiophene rings is 2. The molecule has 0 atom stereocenters. The maximum atomic E-state index is 12.9. The summed E-state index contributed by atoms with van der Waals surface area (Å²) in [5, 5.41) is 13.2. The predicted molar refractivity (Wildman–Crippen MR) is 123 cm³/mol. The van der Waals surface area contributed by atoms with Crippen LogP contribution in [0, 0.1) is 0 Å². The molecule has 0 spiro atoms. The van der Waals surface area contributed by atoms with Crippen molar-refractivity contribution in [3.63, 3.8) is 0 Å². The fraction of sp³-hybridized carbons (Fsp3) is 0.381. The van der Waals surface area contributed by atoms with E-state index in [1.807, 2.05) is 16.8 Å². The molecule has 4 rings (SSSR count). The topological polar surface area (TPSA) is 80.3 Å². The van der Waals surface area contributed by atoms with Crippen molar-refractivity contribution in [2.45, 2.75) is 32.1 Å². The lowest BCUT2D eigenvalue weighted by atomic mass is 9.95. The van der Waals surface area contributed by atoms with Gasteiger partial charge < -0.3 is 15.4 Å². The highest BCUT2D eigenvalue weighted by Gasteiger charge is 2.27. The number of aryl methyl sites for hydroxylation is 1. The molecule has 1 aliphatic carbocycles. The smallest absolute Gasteiger partial charge is 0.275 e. The number of methoxy groups -OCH3 is 1. The summed E-state index contributed by atoms with van der Waals surface area (Å²) in [5.74, 6) is -0.405. The Balaban J connectivity index is 1.53. The fourth-order valence-electron chi connectivity index (χ4n) is 3.46. The van der Waals surface area contributed by atoms with Crippen LogP contribution in [-0.2, 0) is 17.6 Å². The third-order valence-electron chi connectivity index (χ3n) is 4.94. The largest absolute Gasteiger partial charge is 0.385 e. The molecule has 3 heterocycles. The normalized spacial score (nSPS) is 13.1. The Kier molecular flexibility index (Phi) is 6.93. The van der Waals surface area contributed by atoms with Crippen LogP contribution in [0.2, 0.25) is 0 Å². The van der Waals surface area contributed by atoms with Gasteiger partial charge in [0.25, 0.3) is 11.8 Å². The Morgan fingerprint density at radius 2 is 2.07 bits per heavy atom. The number of hydrogen-bond acceptors (Lipinski definition) is 7. The lowest BCUT2D eigenvalue weighted by molar-refractivity contribution is 0.0948. The Bertz CT molecular complexity index is 1020. The zero-order valence-corrected chi connectivity index (χ0v) is 19.1. The number of aromatic nitrogens is 1.